The molecule has 1 atom stereocenters. The van der Waals surface area contributed by atoms with Gasteiger partial charge in [-0.25, -0.2) is 0 Å². The van der Waals surface area contributed by atoms with E-state index in [0.29, 0.717) is 12.2 Å². The third kappa shape index (κ3) is 7.61. The van der Waals surface area contributed by atoms with E-state index in [4.69, 9.17) is 0 Å². The molecule has 1 fully saturated rings. The summed E-state index contributed by atoms with van der Waals surface area (Å²) in [6.07, 6.45) is 3.84. The van der Waals surface area contributed by atoms with Crippen molar-refractivity contribution in [2.45, 2.75) is 88.6 Å². The van der Waals surface area contributed by atoms with E-state index in [-0.39, 0.29) is 35.2 Å². The van der Waals surface area contributed by atoms with Crippen molar-refractivity contribution in [3.8, 4) is 0 Å². The first-order valence-electron chi connectivity index (χ1n) is 7.94. The Balaban J connectivity index is -0.000000140. The SMILES string of the molecule is C.C.C.C.CC.CC.CN(C)C1(c2ccccc2)CCCCC1=O. The van der Waals surface area contributed by atoms with Gasteiger partial charge in [0.25, 0.3) is 0 Å². The van der Waals surface area contributed by atoms with Crippen molar-refractivity contribution >= 4 is 5.78 Å². The van der Waals surface area contributed by atoms with Crippen molar-refractivity contribution in [3.63, 3.8) is 0 Å². The molecular formula is C22H47NO. The Morgan fingerprint density at radius 2 is 1.29 bits per heavy atom. The summed E-state index contributed by atoms with van der Waals surface area (Å²) in [6, 6.07) is 10.2. The van der Waals surface area contributed by atoms with E-state index in [0.717, 1.165) is 24.8 Å². The molecule has 1 aromatic rings. The summed E-state index contributed by atoms with van der Waals surface area (Å²) >= 11 is 0. The molecule has 0 bridgehead atoms. The Hall–Kier alpha value is -1.15. The topological polar surface area (TPSA) is 20.3 Å². The quantitative estimate of drug-likeness (QED) is 0.567. The molecule has 0 amide bonds. The lowest BCUT2D eigenvalue weighted by atomic mass is 9.74. The molecule has 1 aromatic carbocycles. The highest BCUT2D eigenvalue weighted by atomic mass is 16.1. The van der Waals surface area contributed by atoms with Crippen LogP contribution in [0.1, 0.15) is 88.6 Å². The number of carbonyl (C=O) groups excluding carboxylic acids is 1. The second-order valence-corrected chi connectivity index (χ2v) is 4.75. The van der Waals surface area contributed by atoms with Gasteiger partial charge in [0.05, 0.1) is 0 Å². The molecule has 0 saturated heterocycles. The van der Waals surface area contributed by atoms with E-state index in [9.17, 15) is 4.79 Å². The number of carbonyl (C=O) groups is 1. The molecule has 24 heavy (non-hydrogen) atoms. The fourth-order valence-corrected chi connectivity index (χ4v) is 2.76. The normalized spacial score (nSPS) is 17.9. The van der Waals surface area contributed by atoms with Crippen LogP contribution in [0.2, 0.25) is 0 Å². The third-order valence-corrected chi connectivity index (χ3v) is 3.67. The van der Waals surface area contributed by atoms with Crippen LogP contribution in [0.15, 0.2) is 30.3 Å². The predicted octanol–water partition coefficient (Wildman–Crippen LogP) is 7.18. The van der Waals surface area contributed by atoms with E-state index >= 15 is 0 Å². The highest BCUT2D eigenvalue weighted by Gasteiger charge is 2.42. The standard InChI is InChI=1S/C14H19NO.2C2H6.4CH4/c1-15(2)14(11-7-6-10-13(14)16)12-8-4-3-5-9-12;2*1-2;;;;/h3-5,8-9H,6-7,10-11H2,1-2H3;2*1-2H3;4*1H4. The maximum Gasteiger partial charge on any atom is 0.157 e. The van der Waals surface area contributed by atoms with Crippen molar-refractivity contribution < 1.29 is 4.79 Å². The average Bonchev–Trinajstić information content (AvgIpc) is 2.52. The van der Waals surface area contributed by atoms with Gasteiger partial charge in [0.15, 0.2) is 5.78 Å². The first-order valence-corrected chi connectivity index (χ1v) is 7.94. The Morgan fingerprint density at radius 1 is 0.833 bits per heavy atom. The summed E-state index contributed by atoms with van der Waals surface area (Å²) in [5, 5.41) is 0. The van der Waals surface area contributed by atoms with Gasteiger partial charge in [-0.05, 0) is 32.5 Å². The van der Waals surface area contributed by atoms with Gasteiger partial charge < -0.3 is 0 Å². The Morgan fingerprint density at radius 3 is 1.67 bits per heavy atom. The summed E-state index contributed by atoms with van der Waals surface area (Å²) in [4.78, 5) is 14.4. The maximum absolute atomic E-state index is 12.3. The van der Waals surface area contributed by atoms with Gasteiger partial charge in [-0.2, -0.15) is 0 Å². The molecule has 1 unspecified atom stereocenters. The van der Waals surface area contributed by atoms with Gasteiger partial charge in [-0.3, -0.25) is 9.69 Å². The predicted molar refractivity (Wildman–Crippen MR) is 115 cm³/mol. The molecule has 2 nitrogen and oxygen atoms in total. The smallest absolute Gasteiger partial charge is 0.157 e. The van der Waals surface area contributed by atoms with Crippen LogP contribution < -0.4 is 0 Å². The Bertz CT molecular complexity index is 373. The summed E-state index contributed by atoms with van der Waals surface area (Å²) in [5.41, 5.74) is 0.768. The van der Waals surface area contributed by atoms with Crippen LogP contribution in [0, 0.1) is 0 Å². The Kier molecular flexibility index (Phi) is 26.0. The van der Waals surface area contributed by atoms with E-state index in [1.165, 1.54) is 0 Å². The number of nitrogens with zero attached hydrogens (tertiary/aromatic N) is 1. The summed E-state index contributed by atoms with van der Waals surface area (Å²) in [5.74, 6) is 0.370. The molecule has 0 aliphatic heterocycles. The zero-order valence-corrected chi connectivity index (χ0v) is 14.1. The average molecular weight is 342 g/mol. The van der Waals surface area contributed by atoms with Gasteiger partial charge >= 0.3 is 0 Å². The lowest BCUT2D eigenvalue weighted by molar-refractivity contribution is -0.133. The van der Waals surface area contributed by atoms with Gasteiger partial charge in [0.1, 0.15) is 5.54 Å². The van der Waals surface area contributed by atoms with Crippen LogP contribution in [-0.4, -0.2) is 24.8 Å². The summed E-state index contributed by atoms with van der Waals surface area (Å²) in [6.45, 7) is 8.00. The van der Waals surface area contributed by atoms with Gasteiger partial charge in [-0.1, -0.05) is 94.2 Å². The molecule has 1 saturated carbocycles. The Labute approximate surface area is 154 Å². The van der Waals surface area contributed by atoms with Crippen LogP contribution in [0.25, 0.3) is 0 Å². The minimum atomic E-state index is -0.375. The van der Waals surface area contributed by atoms with Crippen molar-refractivity contribution in [2.75, 3.05) is 14.1 Å². The molecule has 2 rings (SSSR count). The zero-order valence-electron chi connectivity index (χ0n) is 14.1. The van der Waals surface area contributed by atoms with E-state index in [1.807, 2.05) is 60.0 Å². The minimum absolute atomic E-state index is 0. The van der Waals surface area contributed by atoms with Crippen LogP contribution >= 0.6 is 0 Å². The number of hydrogen-bond donors (Lipinski definition) is 0. The third-order valence-electron chi connectivity index (χ3n) is 3.67. The van der Waals surface area contributed by atoms with Crippen LogP contribution in [0.5, 0.6) is 0 Å². The highest BCUT2D eigenvalue weighted by molar-refractivity contribution is 5.90. The van der Waals surface area contributed by atoms with Crippen LogP contribution in [-0.2, 0) is 10.3 Å². The van der Waals surface area contributed by atoms with Gasteiger partial charge in [-0.15, -0.1) is 0 Å². The van der Waals surface area contributed by atoms with Crippen molar-refractivity contribution in [1.82, 2.24) is 4.90 Å². The molecule has 0 N–H and O–H groups in total. The minimum Gasteiger partial charge on any atom is -0.297 e. The van der Waals surface area contributed by atoms with E-state index < -0.39 is 0 Å². The lowest BCUT2D eigenvalue weighted by Crippen LogP contribution is -2.50. The van der Waals surface area contributed by atoms with E-state index in [2.05, 4.69) is 17.0 Å². The molecule has 1 aliphatic rings. The molecule has 1 aliphatic carbocycles. The number of benzene rings is 1. The maximum atomic E-state index is 12.3. The molecule has 0 spiro atoms. The number of likely N-dealkylation sites (N-methyl/N-ethyl adjacent to an activating group) is 1. The highest BCUT2D eigenvalue weighted by Crippen LogP contribution is 2.38. The molecule has 0 radical (unpaired) electrons. The molecule has 146 valence electrons. The second-order valence-electron chi connectivity index (χ2n) is 4.75. The number of rotatable bonds is 2. The van der Waals surface area contributed by atoms with Crippen LogP contribution in [0.3, 0.4) is 0 Å². The second kappa shape index (κ2) is 18.2. The first kappa shape index (κ1) is 34.2. The summed E-state index contributed by atoms with van der Waals surface area (Å²) < 4.78 is 0. The fraction of sp³-hybridized carbons (Fsp3) is 0.682. The zero-order chi connectivity index (χ0) is 15.6. The van der Waals surface area contributed by atoms with Crippen molar-refractivity contribution in [2.24, 2.45) is 0 Å². The molecule has 0 aromatic heterocycles. The van der Waals surface area contributed by atoms with Gasteiger partial charge in [0.2, 0.25) is 0 Å². The lowest BCUT2D eigenvalue weighted by Gasteiger charge is -2.41. The molecule has 2 heteroatoms. The molecule has 0 heterocycles. The number of ketones is 1. The fourth-order valence-electron chi connectivity index (χ4n) is 2.76. The van der Waals surface area contributed by atoms with Gasteiger partial charge in [0, 0.05) is 6.42 Å². The van der Waals surface area contributed by atoms with Crippen molar-refractivity contribution in [3.05, 3.63) is 35.9 Å². The number of hydrogen-bond acceptors (Lipinski definition) is 2. The van der Waals surface area contributed by atoms with Crippen molar-refractivity contribution in [1.29, 1.82) is 0 Å². The molecular weight excluding hydrogens is 294 g/mol. The van der Waals surface area contributed by atoms with Crippen LogP contribution in [0.4, 0.5) is 0 Å². The van der Waals surface area contributed by atoms with E-state index in [1.54, 1.807) is 0 Å². The summed E-state index contributed by atoms with van der Waals surface area (Å²) in [7, 11) is 4.02. The number of Topliss-reactive ketones (excluding diaryl/α,β-unsaturated/α-hetero) is 1. The first-order chi connectivity index (χ1) is 9.68. The monoisotopic (exact) mass is 341 g/mol. The largest absolute Gasteiger partial charge is 0.297 e.